The molecule has 0 amide bonds. The van der Waals surface area contributed by atoms with Gasteiger partial charge >= 0.3 is 0 Å². The molecule has 0 bridgehead atoms. The molecule has 96 valence electrons. The second-order valence-corrected chi connectivity index (χ2v) is 4.01. The van der Waals surface area contributed by atoms with Gasteiger partial charge in [0.15, 0.2) is 0 Å². The van der Waals surface area contributed by atoms with E-state index in [9.17, 15) is 0 Å². The van der Waals surface area contributed by atoms with E-state index < -0.39 is 0 Å². The van der Waals surface area contributed by atoms with Crippen LogP contribution in [0.25, 0.3) is 0 Å². The first kappa shape index (κ1) is 13.6. The van der Waals surface area contributed by atoms with E-state index in [-0.39, 0.29) is 0 Å². The minimum absolute atomic E-state index is 0.517. The summed E-state index contributed by atoms with van der Waals surface area (Å²) in [5.74, 6) is 1.13. The Balaban J connectivity index is 2.92. The zero-order valence-corrected chi connectivity index (χ0v) is 11.1. The monoisotopic (exact) mass is 237 g/mol. The largest absolute Gasteiger partial charge is 0.478 e. The normalized spacial score (nSPS) is 10.3. The summed E-state index contributed by atoms with van der Waals surface area (Å²) in [5.41, 5.74) is 6.90. The average Bonchev–Trinajstić information content (AvgIpc) is 2.28. The molecular weight excluding hydrogens is 214 g/mol. The van der Waals surface area contributed by atoms with E-state index in [1.165, 1.54) is 0 Å². The van der Waals surface area contributed by atoms with Crippen LogP contribution in [0.2, 0.25) is 0 Å². The van der Waals surface area contributed by atoms with Gasteiger partial charge in [-0.05, 0) is 19.8 Å². The van der Waals surface area contributed by atoms with Crippen molar-refractivity contribution in [2.45, 2.75) is 33.6 Å². The van der Waals surface area contributed by atoms with Gasteiger partial charge in [0, 0.05) is 30.9 Å². The fourth-order valence-electron chi connectivity index (χ4n) is 1.83. The van der Waals surface area contributed by atoms with Crippen molar-refractivity contribution in [1.82, 2.24) is 4.98 Å². The molecule has 0 aliphatic carbocycles. The first-order valence-corrected chi connectivity index (χ1v) is 6.36. The van der Waals surface area contributed by atoms with Crippen LogP contribution < -0.4 is 15.4 Å². The van der Waals surface area contributed by atoms with Crippen molar-refractivity contribution < 1.29 is 4.74 Å². The van der Waals surface area contributed by atoms with E-state index in [1.807, 2.05) is 19.1 Å². The summed E-state index contributed by atoms with van der Waals surface area (Å²) in [6.45, 7) is 8.97. The number of rotatable bonds is 7. The fourth-order valence-corrected chi connectivity index (χ4v) is 1.83. The van der Waals surface area contributed by atoms with E-state index in [0.717, 1.165) is 31.6 Å². The van der Waals surface area contributed by atoms with Crippen LogP contribution in [0.4, 0.5) is 11.5 Å². The van der Waals surface area contributed by atoms with Crippen molar-refractivity contribution in [3.63, 3.8) is 0 Å². The molecule has 2 N–H and O–H groups in total. The quantitative estimate of drug-likeness (QED) is 0.792. The second kappa shape index (κ2) is 6.99. The zero-order valence-electron chi connectivity index (χ0n) is 11.1. The molecule has 0 saturated heterocycles. The van der Waals surface area contributed by atoms with Gasteiger partial charge in [-0.15, -0.1) is 0 Å². The van der Waals surface area contributed by atoms with Gasteiger partial charge in [0.2, 0.25) is 5.88 Å². The fraction of sp³-hybridized carbons (Fsp3) is 0.615. The lowest BCUT2D eigenvalue weighted by Crippen LogP contribution is -2.25. The predicted octanol–water partition coefficient (Wildman–Crippen LogP) is 2.69. The molecule has 0 saturated carbocycles. The molecule has 0 aliphatic rings. The molecule has 1 aromatic rings. The summed E-state index contributed by atoms with van der Waals surface area (Å²) in [4.78, 5) is 6.48. The Morgan fingerprint density at radius 1 is 1.18 bits per heavy atom. The smallest absolute Gasteiger partial charge is 0.217 e. The van der Waals surface area contributed by atoms with Gasteiger partial charge < -0.3 is 15.4 Å². The van der Waals surface area contributed by atoms with Crippen LogP contribution in [-0.2, 0) is 0 Å². The van der Waals surface area contributed by atoms with E-state index in [4.69, 9.17) is 10.5 Å². The molecule has 0 atom stereocenters. The second-order valence-electron chi connectivity index (χ2n) is 4.01. The molecule has 4 heteroatoms. The van der Waals surface area contributed by atoms with Crippen molar-refractivity contribution in [2.24, 2.45) is 0 Å². The highest BCUT2D eigenvalue weighted by atomic mass is 16.5. The molecule has 17 heavy (non-hydrogen) atoms. The number of aromatic nitrogens is 1. The van der Waals surface area contributed by atoms with Crippen molar-refractivity contribution in [3.05, 3.63) is 12.1 Å². The van der Waals surface area contributed by atoms with Gasteiger partial charge in [0.1, 0.15) is 5.82 Å². The van der Waals surface area contributed by atoms with E-state index >= 15 is 0 Å². The average molecular weight is 237 g/mol. The summed E-state index contributed by atoms with van der Waals surface area (Å²) < 4.78 is 5.42. The lowest BCUT2D eigenvalue weighted by atomic mass is 10.3. The molecule has 1 heterocycles. The van der Waals surface area contributed by atoms with Crippen LogP contribution in [0.5, 0.6) is 5.88 Å². The van der Waals surface area contributed by atoms with Crippen molar-refractivity contribution >= 4 is 11.5 Å². The Hall–Kier alpha value is -1.45. The molecule has 0 radical (unpaired) electrons. The van der Waals surface area contributed by atoms with Gasteiger partial charge in [-0.2, -0.15) is 4.98 Å². The highest BCUT2D eigenvalue weighted by molar-refractivity contribution is 5.55. The van der Waals surface area contributed by atoms with Crippen LogP contribution in [0.3, 0.4) is 0 Å². The third-order valence-corrected chi connectivity index (χ3v) is 2.45. The topological polar surface area (TPSA) is 51.4 Å². The maximum Gasteiger partial charge on any atom is 0.217 e. The van der Waals surface area contributed by atoms with Gasteiger partial charge in [0.05, 0.1) is 6.61 Å². The van der Waals surface area contributed by atoms with Gasteiger partial charge in [-0.25, -0.2) is 0 Å². The summed E-state index contributed by atoms with van der Waals surface area (Å²) in [6, 6.07) is 3.87. The number of ether oxygens (including phenoxy) is 1. The van der Waals surface area contributed by atoms with Crippen LogP contribution in [0, 0.1) is 0 Å². The lowest BCUT2D eigenvalue weighted by Gasteiger charge is -2.24. The third-order valence-electron chi connectivity index (χ3n) is 2.45. The Bertz CT molecular complexity index is 335. The number of nitrogen functional groups attached to an aromatic ring is 1. The standard InChI is InChI=1S/C13H23N3O/c1-4-7-16(8-5-2)11-9-12(14)15-13(10-11)17-6-3/h9-10H,4-8H2,1-3H3,(H2,14,15). The molecular formula is C13H23N3O. The Kier molecular flexibility index (Phi) is 5.60. The maximum atomic E-state index is 5.80. The summed E-state index contributed by atoms with van der Waals surface area (Å²) in [7, 11) is 0. The Morgan fingerprint density at radius 2 is 1.82 bits per heavy atom. The van der Waals surface area contributed by atoms with Crippen molar-refractivity contribution in [1.29, 1.82) is 0 Å². The Morgan fingerprint density at radius 3 is 2.35 bits per heavy atom. The van der Waals surface area contributed by atoms with Crippen LogP contribution in [0.1, 0.15) is 33.6 Å². The molecule has 1 aromatic heterocycles. The number of hydrogen-bond acceptors (Lipinski definition) is 4. The highest BCUT2D eigenvalue weighted by Gasteiger charge is 2.08. The van der Waals surface area contributed by atoms with Crippen LogP contribution in [0.15, 0.2) is 12.1 Å². The van der Waals surface area contributed by atoms with Gasteiger partial charge in [0.25, 0.3) is 0 Å². The van der Waals surface area contributed by atoms with E-state index in [1.54, 1.807) is 0 Å². The highest BCUT2D eigenvalue weighted by Crippen LogP contribution is 2.22. The molecule has 0 aliphatic heterocycles. The Labute approximate surface area is 104 Å². The number of pyridine rings is 1. The van der Waals surface area contributed by atoms with Crippen LogP contribution in [-0.4, -0.2) is 24.7 Å². The maximum absolute atomic E-state index is 5.80. The lowest BCUT2D eigenvalue weighted by molar-refractivity contribution is 0.327. The van der Waals surface area contributed by atoms with Crippen molar-refractivity contribution in [3.8, 4) is 5.88 Å². The first-order valence-electron chi connectivity index (χ1n) is 6.36. The van der Waals surface area contributed by atoms with Crippen molar-refractivity contribution in [2.75, 3.05) is 30.3 Å². The zero-order chi connectivity index (χ0) is 12.7. The van der Waals surface area contributed by atoms with E-state index in [2.05, 4.69) is 23.7 Å². The minimum atomic E-state index is 0.517. The summed E-state index contributed by atoms with van der Waals surface area (Å²) >= 11 is 0. The van der Waals surface area contributed by atoms with E-state index in [0.29, 0.717) is 18.3 Å². The summed E-state index contributed by atoms with van der Waals surface area (Å²) in [6.07, 6.45) is 2.23. The molecule has 0 unspecified atom stereocenters. The van der Waals surface area contributed by atoms with Crippen LogP contribution >= 0.6 is 0 Å². The first-order chi connectivity index (χ1) is 8.21. The number of hydrogen-bond donors (Lipinski definition) is 1. The molecule has 1 rings (SSSR count). The molecule has 0 fully saturated rings. The molecule has 0 aromatic carbocycles. The van der Waals surface area contributed by atoms with Gasteiger partial charge in [-0.1, -0.05) is 13.8 Å². The number of nitrogens with two attached hydrogens (primary N) is 1. The molecule has 4 nitrogen and oxygen atoms in total. The summed E-state index contributed by atoms with van der Waals surface area (Å²) in [5, 5.41) is 0. The molecule has 0 spiro atoms. The number of anilines is 2. The minimum Gasteiger partial charge on any atom is -0.478 e. The third kappa shape index (κ3) is 4.13. The van der Waals surface area contributed by atoms with Gasteiger partial charge in [-0.3, -0.25) is 0 Å². The number of nitrogens with zero attached hydrogens (tertiary/aromatic N) is 2. The SMILES string of the molecule is CCCN(CCC)c1cc(N)nc(OCC)c1. The predicted molar refractivity (Wildman–Crippen MR) is 72.6 cm³/mol.